The van der Waals surface area contributed by atoms with Crippen molar-refractivity contribution in [1.82, 2.24) is 16.2 Å². The van der Waals surface area contributed by atoms with Crippen molar-refractivity contribution in [1.29, 1.82) is 0 Å². The van der Waals surface area contributed by atoms with Gasteiger partial charge in [-0.05, 0) is 0 Å². The molecular weight excluding hydrogens is 170 g/mol. The number of amides is 1. The van der Waals surface area contributed by atoms with Crippen LogP contribution in [-0.4, -0.2) is 15.7 Å². The zero-order valence-corrected chi connectivity index (χ0v) is 6.94. The Hall–Kier alpha value is -0.330. The zero-order valence-electron chi connectivity index (χ0n) is 5.30. The molecule has 56 valence electrons. The zero-order chi connectivity index (χ0) is 7.56. The van der Waals surface area contributed by atoms with Crippen LogP contribution in [0.25, 0.3) is 0 Å². The van der Waals surface area contributed by atoms with Gasteiger partial charge >= 0.3 is 0 Å². The van der Waals surface area contributed by atoms with E-state index < -0.39 is 0 Å². The van der Waals surface area contributed by atoms with E-state index in [-0.39, 0.29) is 11.4 Å². The van der Waals surface area contributed by atoms with Crippen molar-refractivity contribution in [3.05, 3.63) is 0 Å². The van der Waals surface area contributed by atoms with Gasteiger partial charge in [0.25, 0.3) is 0 Å². The van der Waals surface area contributed by atoms with Crippen LogP contribution in [0.5, 0.6) is 0 Å². The van der Waals surface area contributed by atoms with Crippen LogP contribution in [-0.2, 0) is 4.79 Å². The number of hydrogen-bond acceptors (Lipinski definition) is 4. The monoisotopic (exact) mass is 177 g/mol. The van der Waals surface area contributed by atoms with Gasteiger partial charge in [-0.3, -0.25) is 4.79 Å². The van der Waals surface area contributed by atoms with Gasteiger partial charge in [-0.25, -0.2) is 5.43 Å². The van der Waals surface area contributed by atoms with Crippen molar-refractivity contribution in [3.8, 4) is 0 Å². The molecule has 0 aromatic carbocycles. The third-order valence-corrected chi connectivity index (χ3v) is 2.04. The number of carbonyl (C=O) groups is 1. The van der Waals surface area contributed by atoms with Crippen molar-refractivity contribution >= 4 is 34.2 Å². The highest BCUT2D eigenvalue weighted by molar-refractivity contribution is 8.23. The standard InChI is InChI=1S/C4H7N3OS2/c1-2(8)5-3-6-7-4(9)10-3/h3,6H,1H3,(H,5,8)(H,7,9). The molecule has 0 saturated carbocycles. The van der Waals surface area contributed by atoms with Crippen molar-refractivity contribution in [3.63, 3.8) is 0 Å². The SMILES string of the molecule is CC(=O)NC1NNC(=S)S1. The summed E-state index contributed by atoms with van der Waals surface area (Å²) in [5.41, 5.74) is 5.36. The predicted octanol–water partition coefficient (Wildman–Crippen LogP) is -0.468. The van der Waals surface area contributed by atoms with Gasteiger partial charge in [-0.1, -0.05) is 24.0 Å². The van der Waals surface area contributed by atoms with Crippen molar-refractivity contribution < 1.29 is 4.79 Å². The molecule has 0 aromatic rings. The second-order valence-corrected chi connectivity index (χ2v) is 3.54. The minimum absolute atomic E-state index is 0.0727. The third kappa shape index (κ3) is 2.13. The van der Waals surface area contributed by atoms with Crippen LogP contribution in [0.1, 0.15) is 6.92 Å². The number of thioether (sulfide) groups is 1. The molecule has 1 aliphatic heterocycles. The summed E-state index contributed by atoms with van der Waals surface area (Å²) in [5.74, 6) is -0.0727. The van der Waals surface area contributed by atoms with Crippen molar-refractivity contribution in [2.75, 3.05) is 0 Å². The molecular formula is C4H7N3OS2. The van der Waals surface area contributed by atoms with E-state index in [1.165, 1.54) is 18.7 Å². The largest absolute Gasteiger partial charge is 0.330 e. The summed E-state index contributed by atoms with van der Waals surface area (Å²) in [4.78, 5) is 10.5. The van der Waals surface area contributed by atoms with Crippen LogP contribution in [0.15, 0.2) is 0 Å². The Balaban J connectivity index is 2.31. The maximum Gasteiger partial charge on any atom is 0.218 e. The Kier molecular flexibility index (Phi) is 2.47. The van der Waals surface area contributed by atoms with E-state index in [0.29, 0.717) is 4.32 Å². The molecule has 1 saturated heterocycles. The molecule has 6 heteroatoms. The van der Waals surface area contributed by atoms with Gasteiger partial charge in [-0.2, -0.15) is 0 Å². The Morgan fingerprint density at radius 2 is 2.60 bits per heavy atom. The van der Waals surface area contributed by atoms with Gasteiger partial charge in [-0.15, -0.1) is 0 Å². The maximum absolute atomic E-state index is 10.5. The number of hydrogen-bond donors (Lipinski definition) is 3. The van der Waals surface area contributed by atoms with Gasteiger partial charge in [0.2, 0.25) is 5.91 Å². The smallest absolute Gasteiger partial charge is 0.218 e. The van der Waals surface area contributed by atoms with Gasteiger partial charge in [0.05, 0.1) is 0 Å². The second kappa shape index (κ2) is 3.18. The molecule has 1 aliphatic rings. The molecule has 0 aliphatic carbocycles. The molecule has 10 heavy (non-hydrogen) atoms. The molecule has 0 radical (unpaired) electrons. The summed E-state index contributed by atoms with van der Waals surface area (Å²) < 4.78 is 0.652. The summed E-state index contributed by atoms with van der Waals surface area (Å²) >= 11 is 6.16. The molecule has 0 aromatic heterocycles. The topological polar surface area (TPSA) is 53.2 Å². The molecule has 0 spiro atoms. The number of carbonyl (C=O) groups excluding carboxylic acids is 1. The van der Waals surface area contributed by atoms with Crippen LogP contribution in [0.2, 0.25) is 0 Å². The van der Waals surface area contributed by atoms with Gasteiger partial charge in [0, 0.05) is 6.92 Å². The van der Waals surface area contributed by atoms with E-state index in [9.17, 15) is 4.79 Å². The predicted molar refractivity (Wildman–Crippen MR) is 44.1 cm³/mol. The molecule has 1 heterocycles. The minimum atomic E-state index is -0.120. The van der Waals surface area contributed by atoms with Crippen molar-refractivity contribution in [2.24, 2.45) is 0 Å². The maximum atomic E-state index is 10.5. The second-order valence-electron chi connectivity index (χ2n) is 1.76. The van der Waals surface area contributed by atoms with Gasteiger partial charge < -0.3 is 10.7 Å². The van der Waals surface area contributed by atoms with E-state index >= 15 is 0 Å². The van der Waals surface area contributed by atoms with Crippen molar-refractivity contribution in [2.45, 2.75) is 12.4 Å². The lowest BCUT2D eigenvalue weighted by Crippen LogP contribution is -2.42. The van der Waals surface area contributed by atoms with E-state index in [0.717, 1.165) is 0 Å². The first kappa shape index (κ1) is 7.77. The Morgan fingerprint density at radius 3 is 3.00 bits per heavy atom. The highest BCUT2D eigenvalue weighted by Gasteiger charge is 2.18. The molecule has 4 nitrogen and oxygen atoms in total. The highest BCUT2D eigenvalue weighted by atomic mass is 32.2. The first-order valence-electron chi connectivity index (χ1n) is 2.68. The summed E-state index contributed by atoms with van der Waals surface area (Å²) in [6.07, 6.45) is 0. The van der Waals surface area contributed by atoms with Gasteiger partial charge in [0.15, 0.2) is 9.82 Å². The summed E-state index contributed by atoms with van der Waals surface area (Å²) in [7, 11) is 0. The van der Waals surface area contributed by atoms with Crippen LogP contribution in [0, 0.1) is 0 Å². The van der Waals surface area contributed by atoms with Crippen LogP contribution in [0.3, 0.4) is 0 Å². The lowest BCUT2D eigenvalue weighted by molar-refractivity contribution is -0.119. The first-order chi connectivity index (χ1) is 4.68. The average molecular weight is 177 g/mol. The molecule has 1 atom stereocenters. The fraction of sp³-hybridized carbons (Fsp3) is 0.500. The van der Waals surface area contributed by atoms with Crippen LogP contribution in [0.4, 0.5) is 0 Å². The molecule has 1 unspecified atom stereocenters. The number of thiocarbonyl (C=S) groups is 1. The molecule has 1 amide bonds. The van der Waals surface area contributed by atoms with E-state index in [4.69, 9.17) is 12.2 Å². The quantitative estimate of drug-likeness (QED) is 0.473. The normalized spacial score (nSPS) is 24.1. The Morgan fingerprint density at radius 1 is 1.90 bits per heavy atom. The molecule has 0 bridgehead atoms. The third-order valence-electron chi connectivity index (χ3n) is 0.865. The van der Waals surface area contributed by atoms with Crippen LogP contribution >= 0.6 is 24.0 Å². The lowest BCUT2D eigenvalue weighted by atomic mass is 10.7. The number of nitrogens with one attached hydrogen (secondary N) is 3. The van der Waals surface area contributed by atoms with E-state index in [1.54, 1.807) is 0 Å². The fourth-order valence-corrected chi connectivity index (χ4v) is 1.56. The summed E-state index contributed by atoms with van der Waals surface area (Å²) in [5, 5.41) is 2.64. The first-order valence-corrected chi connectivity index (χ1v) is 3.96. The Bertz CT molecular complexity index is 172. The fourth-order valence-electron chi connectivity index (χ4n) is 0.541. The molecule has 1 rings (SSSR count). The van der Waals surface area contributed by atoms with Gasteiger partial charge in [0.1, 0.15) is 0 Å². The Labute approximate surface area is 68.1 Å². The molecule has 1 fully saturated rings. The highest BCUT2D eigenvalue weighted by Crippen LogP contribution is 2.10. The summed E-state index contributed by atoms with van der Waals surface area (Å²) in [6, 6.07) is 0. The average Bonchev–Trinajstić information content (AvgIpc) is 2.13. The van der Waals surface area contributed by atoms with E-state index in [2.05, 4.69) is 16.2 Å². The lowest BCUT2D eigenvalue weighted by Gasteiger charge is -2.06. The summed E-state index contributed by atoms with van der Waals surface area (Å²) in [6.45, 7) is 1.46. The number of hydrazine groups is 1. The van der Waals surface area contributed by atoms with Crippen LogP contribution < -0.4 is 16.2 Å². The van der Waals surface area contributed by atoms with E-state index in [1.807, 2.05) is 0 Å². The molecule has 3 N–H and O–H groups in total. The minimum Gasteiger partial charge on any atom is -0.330 e. The number of rotatable bonds is 1.